The Labute approximate surface area is 199 Å². The Balaban J connectivity index is 1.30. The molecule has 35 heavy (non-hydrogen) atoms. The van der Waals surface area contributed by atoms with Gasteiger partial charge in [-0.05, 0) is 42.5 Å². The average molecular weight is 491 g/mol. The standard InChI is InChI=1S/C23H24F3N5O4/c24-23(25,26)35-19-4-2-18(3-5-19)34-15-21(33)28-17-1-6-20-16(13-17)14-27-22(29-20)31-9-7-30(8-10-31)11-12-32/h1-6,13-14,32H,7-12,15H2,(H,28,33). The van der Waals surface area contributed by atoms with Gasteiger partial charge in [0.05, 0.1) is 12.1 Å². The summed E-state index contributed by atoms with van der Waals surface area (Å²) in [5.41, 5.74) is 1.28. The number of hydrogen-bond acceptors (Lipinski definition) is 8. The number of piperazine rings is 1. The van der Waals surface area contributed by atoms with Crippen molar-refractivity contribution in [1.29, 1.82) is 0 Å². The Morgan fingerprint density at radius 1 is 1.06 bits per heavy atom. The van der Waals surface area contributed by atoms with E-state index < -0.39 is 12.3 Å². The Morgan fingerprint density at radius 2 is 1.77 bits per heavy atom. The predicted octanol–water partition coefficient (Wildman–Crippen LogP) is 2.66. The number of halogens is 3. The number of rotatable bonds is 8. The van der Waals surface area contributed by atoms with E-state index >= 15 is 0 Å². The van der Waals surface area contributed by atoms with Crippen LogP contribution in [0, 0.1) is 0 Å². The molecule has 0 bridgehead atoms. The number of carbonyl (C=O) groups is 1. The second-order valence-corrected chi connectivity index (χ2v) is 7.85. The van der Waals surface area contributed by atoms with E-state index in [-0.39, 0.29) is 24.7 Å². The highest BCUT2D eigenvalue weighted by Crippen LogP contribution is 2.25. The van der Waals surface area contributed by atoms with Crippen LogP contribution in [-0.4, -0.2) is 78.2 Å². The first-order valence-electron chi connectivity index (χ1n) is 10.9. The van der Waals surface area contributed by atoms with Crippen molar-refractivity contribution in [1.82, 2.24) is 14.9 Å². The Bertz CT molecular complexity index is 1150. The number of hydrogen-bond donors (Lipinski definition) is 2. The number of carbonyl (C=O) groups excluding carboxylic acids is 1. The number of fused-ring (bicyclic) bond motifs is 1. The zero-order valence-corrected chi connectivity index (χ0v) is 18.7. The smallest absolute Gasteiger partial charge is 0.484 e. The van der Waals surface area contributed by atoms with Crippen molar-refractivity contribution >= 4 is 28.4 Å². The lowest BCUT2D eigenvalue weighted by Crippen LogP contribution is -2.47. The van der Waals surface area contributed by atoms with Crippen molar-refractivity contribution in [2.45, 2.75) is 6.36 Å². The van der Waals surface area contributed by atoms with Gasteiger partial charge in [0, 0.05) is 50.0 Å². The fourth-order valence-corrected chi connectivity index (χ4v) is 3.65. The molecule has 3 aromatic rings. The molecule has 1 aliphatic heterocycles. The van der Waals surface area contributed by atoms with Crippen LogP contribution < -0.4 is 19.7 Å². The van der Waals surface area contributed by atoms with Crippen molar-refractivity contribution in [2.75, 3.05) is 56.2 Å². The lowest BCUT2D eigenvalue weighted by atomic mass is 10.2. The normalized spacial score (nSPS) is 14.7. The van der Waals surface area contributed by atoms with Gasteiger partial charge in [0.2, 0.25) is 5.95 Å². The molecule has 1 aromatic heterocycles. The van der Waals surface area contributed by atoms with Crippen molar-refractivity contribution in [2.24, 2.45) is 0 Å². The average Bonchev–Trinajstić information content (AvgIpc) is 2.83. The van der Waals surface area contributed by atoms with Gasteiger partial charge in [-0.3, -0.25) is 9.69 Å². The van der Waals surface area contributed by atoms with Crippen LogP contribution >= 0.6 is 0 Å². The molecule has 2 heterocycles. The molecule has 2 aromatic carbocycles. The van der Waals surface area contributed by atoms with Crippen LogP contribution in [0.4, 0.5) is 24.8 Å². The molecule has 1 aliphatic rings. The molecule has 0 atom stereocenters. The van der Waals surface area contributed by atoms with Gasteiger partial charge < -0.3 is 24.8 Å². The highest BCUT2D eigenvalue weighted by Gasteiger charge is 2.31. The maximum atomic E-state index is 12.2. The summed E-state index contributed by atoms with van der Waals surface area (Å²) in [5.74, 6) is 0.0577. The molecule has 0 aliphatic carbocycles. The molecule has 1 saturated heterocycles. The number of ether oxygens (including phenoxy) is 2. The Hall–Kier alpha value is -3.64. The van der Waals surface area contributed by atoms with E-state index in [4.69, 9.17) is 9.84 Å². The first-order valence-corrected chi connectivity index (χ1v) is 10.9. The van der Waals surface area contributed by atoms with Crippen molar-refractivity contribution in [3.8, 4) is 11.5 Å². The summed E-state index contributed by atoms with van der Waals surface area (Å²) >= 11 is 0. The van der Waals surface area contributed by atoms with Crippen LogP contribution in [0.5, 0.6) is 11.5 Å². The van der Waals surface area contributed by atoms with Gasteiger partial charge in [-0.15, -0.1) is 13.2 Å². The third-order valence-corrected chi connectivity index (χ3v) is 5.35. The van der Waals surface area contributed by atoms with E-state index in [1.165, 1.54) is 12.1 Å². The minimum absolute atomic E-state index is 0.144. The van der Waals surface area contributed by atoms with Gasteiger partial charge >= 0.3 is 6.36 Å². The molecule has 4 rings (SSSR count). The number of benzene rings is 2. The molecule has 0 spiro atoms. The van der Waals surface area contributed by atoms with Crippen molar-refractivity contribution in [3.63, 3.8) is 0 Å². The second-order valence-electron chi connectivity index (χ2n) is 7.85. The topological polar surface area (TPSA) is 100 Å². The third-order valence-electron chi connectivity index (χ3n) is 5.35. The van der Waals surface area contributed by atoms with Crippen LogP contribution in [0.3, 0.4) is 0 Å². The molecule has 9 nitrogen and oxygen atoms in total. The number of aromatic nitrogens is 2. The molecule has 1 amide bonds. The number of alkyl halides is 3. The molecule has 0 saturated carbocycles. The Morgan fingerprint density at radius 3 is 2.46 bits per heavy atom. The summed E-state index contributed by atoms with van der Waals surface area (Å²) in [6, 6.07) is 10.0. The summed E-state index contributed by atoms with van der Waals surface area (Å²) in [6.07, 6.45) is -3.07. The monoisotopic (exact) mass is 491 g/mol. The molecule has 0 unspecified atom stereocenters. The first-order chi connectivity index (χ1) is 16.8. The van der Waals surface area contributed by atoms with Gasteiger partial charge in [-0.25, -0.2) is 9.97 Å². The number of nitrogens with zero attached hydrogens (tertiary/aromatic N) is 4. The van der Waals surface area contributed by atoms with Gasteiger partial charge in [0.15, 0.2) is 6.61 Å². The summed E-state index contributed by atoms with van der Waals surface area (Å²) < 4.78 is 45.8. The molecule has 1 fully saturated rings. The molecule has 186 valence electrons. The molecule has 0 radical (unpaired) electrons. The summed E-state index contributed by atoms with van der Waals surface area (Å²) in [5, 5.41) is 12.5. The van der Waals surface area contributed by atoms with Crippen molar-refractivity contribution < 1.29 is 32.5 Å². The van der Waals surface area contributed by atoms with Crippen LogP contribution in [0.2, 0.25) is 0 Å². The molecule has 12 heteroatoms. The maximum Gasteiger partial charge on any atom is 0.573 e. The number of nitrogens with one attached hydrogen (secondary N) is 1. The number of β-amino-alcohol motifs (C(OH)–C–C–N with tert-alkyl or cyclic N) is 1. The molecular weight excluding hydrogens is 467 g/mol. The summed E-state index contributed by atoms with van der Waals surface area (Å²) in [4.78, 5) is 25.6. The van der Waals surface area contributed by atoms with Crippen molar-refractivity contribution in [3.05, 3.63) is 48.7 Å². The quantitative estimate of drug-likeness (QED) is 0.496. The predicted molar refractivity (Wildman–Crippen MR) is 123 cm³/mol. The van der Waals surface area contributed by atoms with Crippen LogP contribution in [0.25, 0.3) is 10.9 Å². The minimum Gasteiger partial charge on any atom is -0.484 e. The number of amides is 1. The van der Waals surface area contributed by atoms with E-state index in [9.17, 15) is 18.0 Å². The van der Waals surface area contributed by atoms with Crippen LogP contribution in [0.15, 0.2) is 48.7 Å². The van der Waals surface area contributed by atoms with Gasteiger partial charge in [-0.1, -0.05) is 0 Å². The fourth-order valence-electron chi connectivity index (χ4n) is 3.65. The number of aliphatic hydroxyl groups excluding tert-OH is 1. The maximum absolute atomic E-state index is 12.2. The van der Waals surface area contributed by atoms with E-state index in [0.29, 0.717) is 18.2 Å². The van der Waals surface area contributed by atoms with E-state index in [1.807, 2.05) is 0 Å². The van der Waals surface area contributed by atoms with Gasteiger partial charge in [-0.2, -0.15) is 0 Å². The first kappa shape index (κ1) is 24.5. The summed E-state index contributed by atoms with van der Waals surface area (Å²) in [7, 11) is 0. The Kier molecular flexibility index (Phi) is 7.51. The lowest BCUT2D eigenvalue weighted by Gasteiger charge is -2.34. The largest absolute Gasteiger partial charge is 0.573 e. The van der Waals surface area contributed by atoms with E-state index in [0.717, 1.165) is 49.2 Å². The van der Waals surface area contributed by atoms with Gasteiger partial charge in [0.25, 0.3) is 5.91 Å². The third kappa shape index (κ3) is 6.93. The number of anilines is 2. The zero-order chi connectivity index (χ0) is 24.8. The second kappa shape index (κ2) is 10.7. The SMILES string of the molecule is O=C(COc1ccc(OC(F)(F)F)cc1)Nc1ccc2nc(N3CCN(CCO)CC3)ncc2c1. The van der Waals surface area contributed by atoms with Crippen LogP contribution in [-0.2, 0) is 4.79 Å². The van der Waals surface area contributed by atoms with Crippen LogP contribution in [0.1, 0.15) is 0 Å². The minimum atomic E-state index is -4.77. The molecular formula is C23H24F3N5O4. The fraction of sp³-hybridized carbons (Fsp3) is 0.348. The van der Waals surface area contributed by atoms with E-state index in [2.05, 4.69) is 29.8 Å². The van der Waals surface area contributed by atoms with Gasteiger partial charge in [0.1, 0.15) is 11.5 Å². The molecule has 2 N–H and O–H groups in total. The zero-order valence-electron chi connectivity index (χ0n) is 18.7. The number of aliphatic hydroxyl groups is 1. The highest BCUT2D eigenvalue weighted by molar-refractivity contribution is 5.94. The highest BCUT2D eigenvalue weighted by atomic mass is 19.4. The van der Waals surface area contributed by atoms with E-state index in [1.54, 1.807) is 24.4 Å². The lowest BCUT2D eigenvalue weighted by molar-refractivity contribution is -0.274. The summed E-state index contributed by atoms with van der Waals surface area (Å²) in [6.45, 7) is 3.70.